The highest BCUT2D eigenvalue weighted by molar-refractivity contribution is 5.79. The van der Waals surface area contributed by atoms with Gasteiger partial charge in [0.25, 0.3) is 0 Å². The second kappa shape index (κ2) is 8.48. The molecular formula is C21H24F2N2O2. The highest BCUT2D eigenvalue weighted by Crippen LogP contribution is 2.25. The minimum Gasteiger partial charge on any atom is -0.487 e. The van der Waals surface area contributed by atoms with Crippen LogP contribution in [0.5, 0.6) is 5.75 Å². The monoisotopic (exact) mass is 374 g/mol. The largest absolute Gasteiger partial charge is 0.487 e. The number of halogens is 2. The number of piperidine rings is 1. The second-order valence-electron chi connectivity index (χ2n) is 6.94. The molecule has 1 aliphatic rings. The Kier molecular flexibility index (Phi) is 6.06. The lowest BCUT2D eigenvalue weighted by atomic mass is 9.93. The zero-order valence-electron chi connectivity index (χ0n) is 15.3. The first kappa shape index (κ1) is 19.3. The van der Waals surface area contributed by atoms with Crippen molar-refractivity contribution in [2.75, 3.05) is 13.1 Å². The molecule has 2 aromatic carbocycles. The number of hydrogen-bond donors (Lipinski definition) is 1. The van der Waals surface area contributed by atoms with E-state index in [1.54, 1.807) is 4.90 Å². The van der Waals surface area contributed by atoms with Crippen LogP contribution in [-0.4, -0.2) is 30.0 Å². The summed E-state index contributed by atoms with van der Waals surface area (Å²) in [4.78, 5) is 14.6. The molecule has 0 spiro atoms. The van der Waals surface area contributed by atoms with Crippen LogP contribution in [-0.2, 0) is 4.79 Å². The number of nitrogens with zero attached hydrogens (tertiary/aromatic N) is 1. The molecule has 4 nitrogen and oxygen atoms in total. The minimum atomic E-state index is -0.712. The fourth-order valence-corrected chi connectivity index (χ4v) is 3.35. The molecule has 2 atom stereocenters. The van der Waals surface area contributed by atoms with Crippen LogP contribution in [0.3, 0.4) is 0 Å². The third kappa shape index (κ3) is 4.63. The molecule has 1 aliphatic heterocycles. The van der Waals surface area contributed by atoms with Crippen LogP contribution >= 0.6 is 0 Å². The summed E-state index contributed by atoms with van der Waals surface area (Å²) in [5.41, 5.74) is 7.19. The second-order valence-corrected chi connectivity index (χ2v) is 6.94. The molecule has 0 aliphatic carbocycles. The maximum absolute atomic E-state index is 13.7. The maximum Gasteiger partial charge on any atom is 0.227 e. The molecule has 2 aromatic rings. The first-order valence-electron chi connectivity index (χ1n) is 9.16. The molecule has 1 fully saturated rings. The SMILES string of the molecule is CC(C(=O)N1CCC(Oc2ccc(F)cc2F)CC1)C(N)c1ccccc1. The van der Waals surface area contributed by atoms with Gasteiger partial charge in [0.2, 0.25) is 5.91 Å². The number of carbonyl (C=O) groups is 1. The van der Waals surface area contributed by atoms with Crippen LogP contribution in [0, 0.1) is 17.6 Å². The molecule has 1 amide bonds. The average Bonchev–Trinajstić information content (AvgIpc) is 2.69. The number of benzene rings is 2. The zero-order valence-corrected chi connectivity index (χ0v) is 15.3. The molecule has 27 heavy (non-hydrogen) atoms. The van der Waals surface area contributed by atoms with Crippen LogP contribution < -0.4 is 10.5 Å². The molecule has 0 bridgehead atoms. The Morgan fingerprint density at radius 1 is 1.15 bits per heavy atom. The van der Waals surface area contributed by atoms with Crippen molar-refractivity contribution >= 4 is 5.91 Å². The lowest BCUT2D eigenvalue weighted by Crippen LogP contribution is -2.45. The quantitative estimate of drug-likeness (QED) is 0.869. The van der Waals surface area contributed by atoms with Gasteiger partial charge in [-0.2, -0.15) is 0 Å². The van der Waals surface area contributed by atoms with Crippen molar-refractivity contribution in [1.82, 2.24) is 4.90 Å². The van der Waals surface area contributed by atoms with Gasteiger partial charge >= 0.3 is 0 Å². The summed E-state index contributed by atoms with van der Waals surface area (Å²) in [5, 5.41) is 0. The number of carbonyl (C=O) groups excluding carboxylic acids is 1. The fraction of sp³-hybridized carbons (Fsp3) is 0.381. The molecule has 0 radical (unpaired) electrons. The molecule has 3 rings (SSSR count). The number of hydrogen-bond acceptors (Lipinski definition) is 3. The molecular weight excluding hydrogens is 350 g/mol. The Balaban J connectivity index is 1.54. The Hall–Kier alpha value is -2.47. The van der Waals surface area contributed by atoms with Crippen molar-refractivity contribution in [3.63, 3.8) is 0 Å². The van der Waals surface area contributed by atoms with E-state index in [1.807, 2.05) is 37.3 Å². The average molecular weight is 374 g/mol. The van der Waals surface area contributed by atoms with Gasteiger partial charge in [0.1, 0.15) is 11.9 Å². The summed E-state index contributed by atoms with van der Waals surface area (Å²) in [6, 6.07) is 12.5. The van der Waals surface area contributed by atoms with E-state index in [-0.39, 0.29) is 29.7 Å². The Bertz CT molecular complexity index is 777. The van der Waals surface area contributed by atoms with Crippen molar-refractivity contribution in [2.45, 2.75) is 31.9 Å². The molecule has 1 saturated heterocycles. The Morgan fingerprint density at radius 2 is 1.81 bits per heavy atom. The van der Waals surface area contributed by atoms with Crippen molar-refractivity contribution in [1.29, 1.82) is 0 Å². The highest BCUT2D eigenvalue weighted by atomic mass is 19.1. The number of nitrogens with two attached hydrogens (primary N) is 1. The number of rotatable bonds is 5. The van der Waals surface area contributed by atoms with Crippen LogP contribution in [0.1, 0.15) is 31.4 Å². The van der Waals surface area contributed by atoms with Gasteiger partial charge in [-0.3, -0.25) is 4.79 Å². The number of amides is 1. The van der Waals surface area contributed by atoms with Gasteiger partial charge in [-0.05, 0) is 17.7 Å². The number of likely N-dealkylation sites (tertiary alicyclic amines) is 1. The predicted octanol–water partition coefficient (Wildman–Crippen LogP) is 3.67. The van der Waals surface area contributed by atoms with Crippen molar-refractivity contribution in [2.24, 2.45) is 11.7 Å². The molecule has 0 saturated carbocycles. The van der Waals surface area contributed by atoms with E-state index < -0.39 is 11.6 Å². The molecule has 6 heteroatoms. The zero-order chi connectivity index (χ0) is 19.4. The van der Waals surface area contributed by atoms with Crippen LogP contribution in [0.2, 0.25) is 0 Å². The van der Waals surface area contributed by atoms with Crippen LogP contribution in [0.25, 0.3) is 0 Å². The standard InChI is InChI=1S/C21H24F2N2O2/c1-14(20(24)15-5-3-2-4-6-15)21(26)25-11-9-17(10-12-25)27-19-8-7-16(22)13-18(19)23/h2-8,13-14,17,20H,9-12,24H2,1H3. The predicted molar refractivity (Wildman–Crippen MR) is 99.1 cm³/mol. The maximum atomic E-state index is 13.7. The van der Waals surface area contributed by atoms with Gasteiger partial charge in [0.15, 0.2) is 11.6 Å². The van der Waals surface area contributed by atoms with Crippen LogP contribution in [0.4, 0.5) is 8.78 Å². The lowest BCUT2D eigenvalue weighted by Gasteiger charge is -2.35. The van der Waals surface area contributed by atoms with Gasteiger partial charge < -0.3 is 15.4 Å². The van der Waals surface area contributed by atoms with E-state index in [0.29, 0.717) is 25.9 Å². The van der Waals surface area contributed by atoms with Crippen molar-refractivity contribution in [3.8, 4) is 5.75 Å². The lowest BCUT2D eigenvalue weighted by molar-refractivity contribution is -0.137. The van der Waals surface area contributed by atoms with Crippen LogP contribution in [0.15, 0.2) is 48.5 Å². The third-order valence-corrected chi connectivity index (χ3v) is 5.05. The Labute approximate surface area is 157 Å². The summed E-state index contributed by atoms with van der Waals surface area (Å²) in [7, 11) is 0. The van der Waals surface area contributed by atoms with Gasteiger partial charge in [0, 0.05) is 38.0 Å². The Morgan fingerprint density at radius 3 is 2.44 bits per heavy atom. The van der Waals surface area contributed by atoms with E-state index in [4.69, 9.17) is 10.5 Å². The summed E-state index contributed by atoms with van der Waals surface area (Å²) >= 11 is 0. The summed E-state index contributed by atoms with van der Waals surface area (Å²) < 4.78 is 32.3. The summed E-state index contributed by atoms with van der Waals surface area (Å²) in [6.07, 6.45) is 0.984. The topological polar surface area (TPSA) is 55.6 Å². The number of ether oxygens (including phenoxy) is 1. The van der Waals surface area contributed by atoms with Gasteiger partial charge in [-0.1, -0.05) is 37.3 Å². The van der Waals surface area contributed by atoms with E-state index in [2.05, 4.69) is 0 Å². The highest BCUT2D eigenvalue weighted by Gasteiger charge is 2.30. The summed E-state index contributed by atoms with van der Waals surface area (Å²) in [6.45, 7) is 2.90. The van der Waals surface area contributed by atoms with Gasteiger partial charge in [-0.25, -0.2) is 8.78 Å². The molecule has 1 heterocycles. The van der Waals surface area contributed by atoms with E-state index in [1.165, 1.54) is 12.1 Å². The normalized spacial score (nSPS) is 17.4. The summed E-state index contributed by atoms with van der Waals surface area (Å²) in [5.74, 6) is -1.63. The van der Waals surface area contributed by atoms with Crippen molar-refractivity contribution < 1.29 is 18.3 Å². The van der Waals surface area contributed by atoms with E-state index in [9.17, 15) is 13.6 Å². The minimum absolute atomic E-state index is 0.0118. The fourth-order valence-electron chi connectivity index (χ4n) is 3.35. The van der Waals surface area contributed by atoms with E-state index >= 15 is 0 Å². The first-order chi connectivity index (χ1) is 13.0. The smallest absolute Gasteiger partial charge is 0.227 e. The third-order valence-electron chi connectivity index (χ3n) is 5.05. The molecule has 2 N–H and O–H groups in total. The van der Waals surface area contributed by atoms with Gasteiger partial charge in [-0.15, -0.1) is 0 Å². The molecule has 0 aromatic heterocycles. The van der Waals surface area contributed by atoms with Gasteiger partial charge in [0.05, 0.1) is 5.92 Å². The molecule has 144 valence electrons. The first-order valence-corrected chi connectivity index (χ1v) is 9.16. The molecule has 2 unspecified atom stereocenters. The van der Waals surface area contributed by atoms with Crippen molar-refractivity contribution in [3.05, 3.63) is 65.7 Å². The van der Waals surface area contributed by atoms with E-state index in [0.717, 1.165) is 11.6 Å².